The van der Waals surface area contributed by atoms with Crippen molar-refractivity contribution in [2.45, 2.75) is 35.2 Å². The Morgan fingerprint density at radius 1 is 1.14 bits per heavy atom. The molecule has 0 bridgehead atoms. The first-order chi connectivity index (χ1) is 13.9. The Labute approximate surface area is 180 Å². The Morgan fingerprint density at radius 2 is 1.86 bits per heavy atom. The highest BCUT2D eigenvalue weighted by Gasteiger charge is 2.20. The predicted octanol–water partition coefficient (Wildman–Crippen LogP) is 3.92. The summed E-state index contributed by atoms with van der Waals surface area (Å²) in [5.41, 5.74) is 0.560. The minimum Gasteiger partial charge on any atom is -0.377 e. The van der Waals surface area contributed by atoms with Crippen molar-refractivity contribution in [1.29, 1.82) is 0 Å². The van der Waals surface area contributed by atoms with Crippen molar-refractivity contribution in [2.24, 2.45) is 0 Å². The summed E-state index contributed by atoms with van der Waals surface area (Å²) >= 11 is 7.42. The lowest BCUT2D eigenvalue weighted by Crippen LogP contribution is -2.31. The van der Waals surface area contributed by atoms with Crippen LogP contribution in [0.1, 0.15) is 19.3 Å². The van der Waals surface area contributed by atoms with Gasteiger partial charge < -0.3 is 10.1 Å². The normalized spacial score (nSPS) is 16.7. The van der Waals surface area contributed by atoms with E-state index in [1.807, 2.05) is 24.3 Å². The molecule has 29 heavy (non-hydrogen) atoms. The number of hydrogen-bond acceptors (Lipinski definition) is 5. The Kier molecular flexibility index (Phi) is 7.97. The van der Waals surface area contributed by atoms with Gasteiger partial charge in [0.25, 0.3) is 0 Å². The van der Waals surface area contributed by atoms with Crippen molar-refractivity contribution in [3.63, 3.8) is 0 Å². The van der Waals surface area contributed by atoms with Crippen LogP contribution >= 0.6 is 23.4 Å². The lowest BCUT2D eigenvalue weighted by molar-refractivity contribution is -0.115. The number of anilines is 1. The summed E-state index contributed by atoms with van der Waals surface area (Å²) in [5, 5.41) is 3.46. The van der Waals surface area contributed by atoms with Gasteiger partial charge in [-0.05, 0) is 61.4 Å². The number of ether oxygens (including phenoxy) is 1. The fourth-order valence-corrected chi connectivity index (χ4v) is 4.87. The maximum Gasteiger partial charge on any atom is 0.240 e. The van der Waals surface area contributed by atoms with Crippen molar-refractivity contribution in [3.05, 3.63) is 53.6 Å². The van der Waals surface area contributed by atoms with Gasteiger partial charge >= 0.3 is 0 Å². The van der Waals surface area contributed by atoms with Gasteiger partial charge in [0.1, 0.15) is 0 Å². The molecule has 2 aromatic rings. The van der Waals surface area contributed by atoms with Crippen molar-refractivity contribution in [1.82, 2.24) is 4.72 Å². The number of nitrogens with one attached hydrogen (secondary N) is 2. The van der Waals surface area contributed by atoms with E-state index in [1.165, 1.54) is 12.1 Å². The molecule has 1 saturated heterocycles. The van der Waals surface area contributed by atoms with Crippen LogP contribution in [0.5, 0.6) is 0 Å². The number of hydrogen-bond donors (Lipinski definition) is 2. The molecule has 1 aliphatic heterocycles. The van der Waals surface area contributed by atoms with Gasteiger partial charge in [-0.25, -0.2) is 13.1 Å². The molecular formula is C20H23ClN2O4S2. The Balaban J connectivity index is 1.45. The first kappa shape index (κ1) is 22.1. The van der Waals surface area contributed by atoms with Crippen molar-refractivity contribution >= 4 is 45.0 Å². The number of halogens is 1. The second-order valence-corrected chi connectivity index (χ2v) is 9.98. The van der Waals surface area contributed by atoms with E-state index < -0.39 is 10.0 Å². The predicted molar refractivity (Wildman–Crippen MR) is 116 cm³/mol. The molecule has 1 heterocycles. The summed E-state index contributed by atoms with van der Waals surface area (Å²) in [6, 6.07) is 13.6. The Hall–Kier alpha value is -1.58. The zero-order valence-electron chi connectivity index (χ0n) is 15.8. The molecule has 3 rings (SSSR count). The standard InChI is InChI=1S/C20H23ClN2O4S2/c21-15-3-7-18(8-4-15)28-13-11-20(24)23-16-5-9-19(10-6-16)29(25,26)22-14-17-2-1-12-27-17/h3-10,17,22H,1-2,11-14H2,(H,23,24)/t17-/m1/s1. The monoisotopic (exact) mass is 454 g/mol. The second kappa shape index (κ2) is 10.4. The van der Waals surface area contributed by atoms with Crippen LogP contribution in [0, 0.1) is 0 Å². The van der Waals surface area contributed by atoms with Gasteiger partial charge in [-0.1, -0.05) is 11.6 Å². The minimum atomic E-state index is -3.60. The maximum absolute atomic E-state index is 12.4. The lowest BCUT2D eigenvalue weighted by atomic mass is 10.2. The molecule has 156 valence electrons. The molecule has 0 radical (unpaired) electrons. The van der Waals surface area contributed by atoms with Crippen molar-refractivity contribution < 1.29 is 17.9 Å². The van der Waals surface area contributed by atoms with E-state index in [1.54, 1.807) is 23.9 Å². The lowest BCUT2D eigenvalue weighted by Gasteiger charge is -2.12. The highest BCUT2D eigenvalue weighted by atomic mass is 35.5. The zero-order valence-corrected chi connectivity index (χ0v) is 18.2. The smallest absolute Gasteiger partial charge is 0.240 e. The topological polar surface area (TPSA) is 84.5 Å². The third kappa shape index (κ3) is 7.01. The summed E-state index contributed by atoms with van der Waals surface area (Å²) in [4.78, 5) is 13.3. The van der Waals surface area contributed by atoms with Crippen molar-refractivity contribution in [3.8, 4) is 0 Å². The molecule has 0 aliphatic carbocycles. The van der Waals surface area contributed by atoms with E-state index in [0.29, 0.717) is 29.5 Å². The number of amides is 1. The average molecular weight is 455 g/mol. The number of rotatable bonds is 9. The van der Waals surface area contributed by atoms with Gasteiger partial charge in [0.05, 0.1) is 11.0 Å². The van der Waals surface area contributed by atoms with E-state index in [2.05, 4.69) is 10.0 Å². The van der Waals surface area contributed by atoms with E-state index >= 15 is 0 Å². The van der Waals surface area contributed by atoms with E-state index in [-0.39, 0.29) is 23.5 Å². The summed E-state index contributed by atoms with van der Waals surface area (Å²) in [6.07, 6.45) is 2.10. The highest BCUT2D eigenvalue weighted by molar-refractivity contribution is 7.99. The maximum atomic E-state index is 12.4. The van der Waals surface area contributed by atoms with Gasteiger partial charge in [-0.2, -0.15) is 0 Å². The number of benzene rings is 2. The molecular weight excluding hydrogens is 432 g/mol. The van der Waals surface area contributed by atoms with Crippen molar-refractivity contribution in [2.75, 3.05) is 24.2 Å². The van der Waals surface area contributed by atoms with Gasteiger partial charge in [-0.15, -0.1) is 11.8 Å². The SMILES string of the molecule is O=C(CCSc1ccc(Cl)cc1)Nc1ccc(S(=O)(=O)NC[C@H]2CCCO2)cc1. The Bertz CT molecular complexity index is 913. The molecule has 0 spiro atoms. The molecule has 0 aromatic heterocycles. The van der Waals surface area contributed by atoms with Gasteiger partial charge in [-0.3, -0.25) is 4.79 Å². The number of carbonyl (C=O) groups is 1. The molecule has 1 fully saturated rings. The van der Waals surface area contributed by atoms with Crippen LogP contribution in [-0.4, -0.2) is 39.3 Å². The first-order valence-corrected chi connectivity index (χ1v) is 12.2. The molecule has 2 N–H and O–H groups in total. The van der Waals surface area contributed by atoms with Gasteiger partial charge in [0.2, 0.25) is 15.9 Å². The summed E-state index contributed by atoms with van der Waals surface area (Å²) in [7, 11) is -3.60. The van der Waals surface area contributed by atoms with E-state index in [9.17, 15) is 13.2 Å². The van der Waals surface area contributed by atoms with Crippen LogP contribution in [0.3, 0.4) is 0 Å². The third-order valence-electron chi connectivity index (χ3n) is 4.38. The first-order valence-electron chi connectivity index (χ1n) is 9.32. The van der Waals surface area contributed by atoms with Crippen LogP contribution in [0.4, 0.5) is 5.69 Å². The van der Waals surface area contributed by atoms with Gasteiger partial charge in [0.15, 0.2) is 0 Å². The largest absolute Gasteiger partial charge is 0.377 e. The van der Waals surface area contributed by atoms with Crippen LogP contribution in [0.2, 0.25) is 5.02 Å². The van der Waals surface area contributed by atoms with Crippen LogP contribution < -0.4 is 10.0 Å². The molecule has 1 atom stereocenters. The molecule has 0 saturated carbocycles. The molecule has 0 unspecified atom stereocenters. The minimum absolute atomic E-state index is 0.0610. The fourth-order valence-electron chi connectivity index (χ4n) is 2.82. The quantitative estimate of drug-likeness (QED) is 0.561. The number of sulfonamides is 1. The third-order valence-corrected chi connectivity index (χ3v) is 7.09. The molecule has 2 aromatic carbocycles. The fraction of sp³-hybridized carbons (Fsp3) is 0.350. The highest BCUT2D eigenvalue weighted by Crippen LogP contribution is 2.21. The molecule has 1 aliphatic rings. The zero-order chi connectivity index (χ0) is 20.7. The van der Waals surface area contributed by atoms with Crippen LogP contribution in [-0.2, 0) is 19.6 Å². The average Bonchev–Trinajstić information content (AvgIpc) is 3.22. The molecule has 9 heteroatoms. The molecule has 1 amide bonds. The summed E-state index contributed by atoms with van der Waals surface area (Å²) in [6.45, 7) is 0.950. The van der Waals surface area contributed by atoms with Gasteiger partial charge in [0, 0.05) is 40.9 Å². The van der Waals surface area contributed by atoms with E-state index in [0.717, 1.165) is 17.7 Å². The Morgan fingerprint density at radius 3 is 2.52 bits per heavy atom. The number of carbonyl (C=O) groups excluding carboxylic acids is 1. The summed E-state index contributed by atoms with van der Waals surface area (Å²) in [5.74, 6) is 0.506. The second-order valence-electron chi connectivity index (χ2n) is 6.61. The van der Waals surface area contributed by atoms with E-state index in [4.69, 9.17) is 16.3 Å². The summed E-state index contributed by atoms with van der Waals surface area (Å²) < 4.78 is 32.7. The number of thioether (sulfide) groups is 1. The van der Waals surface area contributed by atoms with Crippen LogP contribution in [0.15, 0.2) is 58.3 Å². The van der Waals surface area contributed by atoms with Crippen LogP contribution in [0.25, 0.3) is 0 Å². The molecule has 6 nitrogen and oxygen atoms in total.